The molecule has 2 aliphatic heterocycles. The van der Waals surface area contributed by atoms with Crippen molar-refractivity contribution < 1.29 is 19.0 Å². The van der Waals surface area contributed by atoms with Crippen molar-refractivity contribution in [3.8, 4) is 11.5 Å². The van der Waals surface area contributed by atoms with Gasteiger partial charge in [-0.3, -0.25) is 4.99 Å². The van der Waals surface area contributed by atoms with Gasteiger partial charge in [-0.15, -0.1) is 0 Å². The Kier molecular flexibility index (Phi) is 6.42. The maximum absolute atomic E-state index is 12.4. The summed E-state index contributed by atoms with van der Waals surface area (Å²) in [5.41, 5.74) is 0.348. The lowest BCUT2D eigenvalue weighted by atomic mass is 10.2. The van der Waals surface area contributed by atoms with Crippen LogP contribution in [-0.2, 0) is 4.74 Å². The van der Waals surface area contributed by atoms with Gasteiger partial charge in [0.05, 0.1) is 11.8 Å². The van der Waals surface area contributed by atoms with Crippen LogP contribution in [0.2, 0.25) is 0 Å². The Morgan fingerprint density at radius 2 is 1.63 bits per heavy atom. The van der Waals surface area contributed by atoms with Crippen LogP contribution >= 0.6 is 0 Å². The minimum Gasteiger partial charge on any atom is -0.454 e. The number of carbonyl (C=O) groups excluding carboxylic acids is 1. The monoisotopic (exact) mass is 362 g/mol. The summed E-state index contributed by atoms with van der Waals surface area (Å²) >= 11 is 0. The minimum atomic E-state index is -0.537. The normalized spacial score (nSPS) is 15.6. The van der Waals surface area contributed by atoms with Crippen LogP contribution in [0.3, 0.4) is 0 Å². The fourth-order valence-electron chi connectivity index (χ4n) is 2.12. The standard InChI is InChI=1S/C21H18N2O4/c24-21(17-10-11-18-19(14-17)26-16-25-18)27-20-15-22-12-8-6-4-2-1-3-5-7-9-13-23-20/h1-15,23H,16H2. The number of benzene rings is 1. The van der Waals surface area contributed by atoms with E-state index in [9.17, 15) is 4.79 Å². The lowest BCUT2D eigenvalue weighted by Gasteiger charge is -2.08. The summed E-state index contributed by atoms with van der Waals surface area (Å²) in [6, 6.07) is 4.87. The second kappa shape index (κ2) is 9.62. The van der Waals surface area contributed by atoms with Gasteiger partial charge in [0.1, 0.15) is 0 Å². The molecule has 2 heterocycles. The number of rotatable bonds is 2. The zero-order valence-corrected chi connectivity index (χ0v) is 14.4. The fourth-order valence-corrected chi connectivity index (χ4v) is 2.12. The van der Waals surface area contributed by atoms with Crippen molar-refractivity contribution in [1.29, 1.82) is 0 Å². The average Bonchev–Trinajstić information content (AvgIpc) is 3.14. The Morgan fingerprint density at radius 1 is 0.926 bits per heavy atom. The van der Waals surface area contributed by atoms with E-state index in [0.29, 0.717) is 17.1 Å². The molecule has 6 nitrogen and oxygen atoms in total. The molecule has 0 fully saturated rings. The number of hydrogen-bond acceptors (Lipinski definition) is 6. The van der Waals surface area contributed by atoms with E-state index in [-0.39, 0.29) is 12.7 Å². The molecule has 0 amide bonds. The SMILES string of the molecule is O=C(OC1=CN=CC=CC=CC=CC=CC=CN1)c1ccc2c(c1)OCO2. The van der Waals surface area contributed by atoms with Gasteiger partial charge in [-0.05, 0) is 30.4 Å². The molecular weight excluding hydrogens is 344 g/mol. The molecule has 0 aliphatic carbocycles. The molecule has 0 bridgehead atoms. The fraction of sp³-hybridized carbons (Fsp3) is 0.0476. The van der Waals surface area contributed by atoms with Gasteiger partial charge in [-0.2, -0.15) is 0 Å². The molecule has 6 heteroatoms. The number of carbonyl (C=O) groups is 1. The molecule has 0 aromatic heterocycles. The predicted octanol–water partition coefficient (Wildman–Crippen LogP) is 3.78. The highest BCUT2D eigenvalue weighted by Gasteiger charge is 2.17. The zero-order valence-electron chi connectivity index (χ0n) is 14.4. The number of nitrogens with one attached hydrogen (secondary N) is 1. The van der Waals surface area contributed by atoms with Crippen LogP contribution in [0.4, 0.5) is 0 Å². The van der Waals surface area contributed by atoms with Crippen molar-refractivity contribution in [3.63, 3.8) is 0 Å². The summed E-state index contributed by atoms with van der Waals surface area (Å²) in [5.74, 6) is 0.771. The van der Waals surface area contributed by atoms with Gasteiger partial charge < -0.3 is 19.5 Å². The summed E-state index contributed by atoms with van der Waals surface area (Å²) in [6.45, 7) is 0.144. The summed E-state index contributed by atoms with van der Waals surface area (Å²) in [5, 5.41) is 2.89. The van der Waals surface area contributed by atoms with Crippen molar-refractivity contribution in [2.24, 2.45) is 4.99 Å². The second-order valence-corrected chi connectivity index (χ2v) is 5.29. The molecule has 0 radical (unpaired) electrons. The Balaban J connectivity index is 1.73. The maximum atomic E-state index is 12.4. The molecule has 0 atom stereocenters. The van der Waals surface area contributed by atoms with E-state index in [1.165, 1.54) is 6.20 Å². The molecule has 0 spiro atoms. The highest BCUT2D eigenvalue weighted by Crippen LogP contribution is 2.32. The first-order valence-corrected chi connectivity index (χ1v) is 8.26. The summed E-state index contributed by atoms with van der Waals surface area (Å²) < 4.78 is 15.9. The first-order chi connectivity index (χ1) is 13.3. The molecule has 0 unspecified atom stereocenters. The van der Waals surface area contributed by atoms with Crippen LogP contribution in [0.1, 0.15) is 10.4 Å². The van der Waals surface area contributed by atoms with Crippen LogP contribution in [0.5, 0.6) is 11.5 Å². The van der Waals surface area contributed by atoms with E-state index in [1.54, 1.807) is 42.8 Å². The van der Waals surface area contributed by atoms with Gasteiger partial charge in [0, 0.05) is 12.4 Å². The number of nitrogens with zero attached hydrogens (tertiary/aromatic N) is 1. The van der Waals surface area contributed by atoms with Crippen molar-refractivity contribution >= 4 is 12.2 Å². The van der Waals surface area contributed by atoms with Crippen LogP contribution in [0.15, 0.2) is 96.2 Å². The second-order valence-electron chi connectivity index (χ2n) is 5.29. The van der Waals surface area contributed by atoms with Crippen LogP contribution in [0.25, 0.3) is 0 Å². The van der Waals surface area contributed by atoms with Crippen molar-refractivity contribution in [3.05, 3.63) is 96.7 Å². The highest BCUT2D eigenvalue weighted by molar-refractivity contribution is 5.91. The zero-order chi connectivity index (χ0) is 18.7. The van der Waals surface area contributed by atoms with Crippen molar-refractivity contribution in [2.75, 3.05) is 6.79 Å². The minimum absolute atomic E-state index is 0.144. The maximum Gasteiger partial charge on any atom is 0.344 e. The van der Waals surface area contributed by atoms with E-state index in [4.69, 9.17) is 14.2 Å². The van der Waals surface area contributed by atoms with Crippen molar-refractivity contribution in [1.82, 2.24) is 5.32 Å². The van der Waals surface area contributed by atoms with Gasteiger partial charge in [-0.1, -0.05) is 42.5 Å². The Morgan fingerprint density at radius 3 is 2.44 bits per heavy atom. The van der Waals surface area contributed by atoms with Gasteiger partial charge in [-0.25, -0.2) is 4.79 Å². The van der Waals surface area contributed by atoms with E-state index in [1.807, 2.05) is 42.5 Å². The molecule has 0 saturated heterocycles. The number of allylic oxidation sites excluding steroid dienone is 9. The predicted molar refractivity (Wildman–Crippen MR) is 103 cm³/mol. The summed E-state index contributed by atoms with van der Waals surface area (Å²) in [7, 11) is 0. The van der Waals surface area contributed by atoms with E-state index >= 15 is 0 Å². The lowest BCUT2D eigenvalue weighted by molar-refractivity contribution is 0.0607. The molecule has 136 valence electrons. The van der Waals surface area contributed by atoms with E-state index in [2.05, 4.69) is 10.3 Å². The molecule has 1 aromatic carbocycles. The number of ether oxygens (including phenoxy) is 3. The Labute approximate surface area is 157 Å². The van der Waals surface area contributed by atoms with Gasteiger partial charge in [0.25, 0.3) is 0 Å². The molecular formula is C21H18N2O4. The topological polar surface area (TPSA) is 69.2 Å². The van der Waals surface area contributed by atoms with E-state index < -0.39 is 5.97 Å². The largest absolute Gasteiger partial charge is 0.454 e. The molecule has 0 saturated carbocycles. The van der Waals surface area contributed by atoms with Gasteiger partial charge in [0.15, 0.2) is 11.5 Å². The van der Waals surface area contributed by atoms with Gasteiger partial charge >= 0.3 is 5.97 Å². The third kappa shape index (κ3) is 5.61. The first-order valence-electron chi connectivity index (χ1n) is 8.26. The summed E-state index contributed by atoms with van der Waals surface area (Å²) in [6.07, 6.45) is 21.4. The summed E-state index contributed by atoms with van der Waals surface area (Å²) in [4.78, 5) is 16.5. The molecule has 1 aromatic rings. The van der Waals surface area contributed by atoms with Crippen LogP contribution in [0, 0.1) is 0 Å². The van der Waals surface area contributed by atoms with Crippen LogP contribution < -0.4 is 14.8 Å². The number of esters is 1. The third-order valence-corrected chi connectivity index (χ3v) is 3.39. The molecule has 27 heavy (non-hydrogen) atoms. The van der Waals surface area contributed by atoms with Crippen LogP contribution in [-0.4, -0.2) is 19.0 Å². The Hall–Kier alpha value is -3.80. The quantitative estimate of drug-likeness (QED) is 0.811. The number of hydrogen-bond donors (Lipinski definition) is 1. The smallest absolute Gasteiger partial charge is 0.344 e. The van der Waals surface area contributed by atoms with Crippen molar-refractivity contribution in [2.45, 2.75) is 0 Å². The average molecular weight is 362 g/mol. The van der Waals surface area contributed by atoms with E-state index in [0.717, 1.165) is 0 Å². The number of fused-ring (bicyclic) bond motifs is 1. The highest BCUT2D eigenvalue weighted by atomic mass is 16.7. The Bertz CT molecular complexity index is 889. The van der Waals surface area contributed by atoms with Gasteiger partial charge in [0.2, 0.25) is 12.7 Å². The number of aliphatic imine (C=N–C) groups is 1. The molecule has 2 aliphatic rings. The first kappa shape index (κ1) is 18.0. The third-order valence-electron chi connectivity index (χ3n) is 3.39. The molecule has 3 rings (SSSR count). The molecule has 1 N–H and O–H groups in total. The lowest BCUT2D eigenvalue weighted by Crippen LogP contribution is -2.14.